The molecule has 3 rings (SSSR count). The summed E-state index contributed by atoms with van der Waals surface area (Å²) in [6.07, 6.45) is 3.64. The first-order chi connectivity index (χ1) is 15.4. The van der Waals surface area contributed by atoms with Gasteiger partial charge < -0.3 is 14.2 Å². The van der Waals surface area contributed by atoms with Gasteiger partial charge >= 0.3 is 0 Å². The molecule has 1 amide bonds. The van der Waals surface area contributed by atoms with Crippen LogP contribution in [0.4, 0.5) is 0 Å². The molecular formula is C25H29NO4S2. The lowest BCUT2D eigenvalue weighted by Crippen LogP contribution is -2.22. The van der Waals surface area contributed by atoms with E-state index in [1.807, 2.05) is 36.4 Å². The summed E-state index contributed by atoms with van der Waals surface area (Å²) in [6.45, 7) is 5.48. The fourth-order valence-corrected chi connectivity index (χ4v) is 4.43. The minimum Gasteiger partial charge on any atom is -0.493 e. The Bertz CT molecular complexity index is 1010. The highest BCUT2D eigenvalue weighted by Gasteiger charge is 2.28. The van der Waals surface area contributed by atoms with Crippen molar-refractivity contribution >= 4 is 40.3 Å². The van der Waals surface area contributed by atoms with E-state index < -0.39 is 0 Å². The number of likely N-dealkylation sites (N-methyl/N-ethyl adjacent to an activating group) is 1. The monoisotopic (exact) mass is 471 g/mol. The topological polar surface area (TPSA) is 48.0 Å². The van der Waals surface area contributed by atoms with Gasteiger partial charge in [-0.15, -0.1) is 0 Å². The predicted octanol–water partition coefficient (Wildman–Crippen LogP) is 5.89. The number of carbonyl (C=O) groups is 1. The molecule has 1 atom stereocenters. The summed E-state index contributed by atoms with van der Waals surface area (Å²) < 4.78 is 18.0. The number of hydrogen-bond acceptors (Lipinski definition) is 6. The SMILES string of the molecule is CC[C@@H](C)c1ccccc1OCCCOc1ccc(/C=C2\SC(=S)N(C)C2=O)cc1OC. The number of benzene rings is 2. The van der Waals surface area contributed by atoms with Gasteiger partial charge in [0.25, 0.3) is 5.91 Å². The van der Waals surface area contributed by atoms with Crippen molar-refractivity contribution in [2.24, 2.45) is 0 Å². The summed E-state index contributed by atoms with van der Waals surface area (Å²) in [5, 5.41) is 0. The molecule has 170 valence electrons. The molecule has 7 heteroatoms. The fourth-order valence-electron chi connectivity index (χ4n) is 3.25. The highest BCUT2D eigenvalue weighted by atomic mass is 32.2. The molecular weight excluding hydrogens is 442 g/mol. The van der Waals surface area contributed by atoms with Crippen LogP contribution in [0.2, 0.25) is 0 Å². The smallest absolute Gasteiger partial charge is 0.265 e. The molecule has 1 heterocycles. The van der Waals surface area contributed by atoms with E-state index in [0.717, 1.165) is 24.2 Å². The van der Waals surface area contributed by atoms with Gasteiger partial charge in [0.15, 0.2) is 11.5 Å². The van der Waals surface area contributed by atoms with E-state index in [9.17, 15) is 4.79 Å². The Balaban J connectivity index is 1.55. The van der Waals surface area contributed by atoms with Crippen LogP contribution in [0.3, 0.4) is 0 Å². The molecule has 1 saturated heterocycles. The molecule has 1 fully saturated rings. The molecule has 0 saturated carbocycles. The largest absolute Gasteiger partial charge is 0.493 e. The van der Waals surface area contributed by atoms with Crippen LogP contribution in [0.5, 0.6) is 17.2 Å². The van der Waals surface area contributed by atoms with Crippen molar-refractivity contribution in [3.05, 3.63) is 58.5 Å². The molecule has 0 bridgehead atoms. The maximum atomic E-state index is 12.2. The average molecular weight is 472 g/mol. The van der Waals surface area contributed by atoms with Gasteiger partial charge in [-0.1, -0.05) is 62.1 Å². The lowest BCUT2D eigenvalue weighted by molar-refractivity contribution is -0.121. The number of rotatable bonds is 10. The quantitative estimate of drug-likeness (QED) is 0.245. The van der Waals surface area contributed by atoms with Gasteiger partial charge in [-0.25, -0.2) is 0 Å². The normalized spacial score (nSPS) is 15.9. The van der Waals surface area contributed by atoms with E-state index in [0.29, 0.717) is 39.9 Å². The minimum absolute atomic E-state index is 0.0887. The Morgan fingerprint density at radius 1 is 1.09 bits per heavy atom. The van der Waals surface area contributed by atoms with Crippen LogP contribution >= 0.6 is 24.0 Å². The first kappa shape index (κ1) is 24.1. The van der Waals surface area contributed by atoms with Crippen molar-refractivity contribution in [1.82, 2.24) is 4.90 Å². The minimum atomic E-state index is -0.0887. The molecule has 0 radical (unpaired) electrons. The van der Waals surface area contributed by atoms with Gasteiger partial charge in [0.05, 0.1) is 25.2 Å². The van der Waals surface area contributed by atoms with Gasteiger partial charge in [0, 0.05) is 13.5 Å². The summed E-state index contributed by atoms with van der Waals surface area (Å²) in [7, 11) is 3.29. The van der Waals surface area contributed by atoms with Gasteiger partial charge in [-0.05, 0) is 47.7 Å². The number of nitrogens with zero attached hydrogens (tertiary/aromatic N) is 1. The summed E-state index contributed by atoms with van der Waals surface area (Å²) >= 11 is 6.48. The van der Waals surface area contributed by atoms with Crippen molar-refractivity contribution in [2.45, 2.75) is 32.6 Å². The van der Waals surface area contributed by atoms with Crippen LogP contribution in [-0.2, 0) is 4.79 Å². The maximum Gasteiger partial charge on any atom is 0.265 e. The van der Waals surface area contributed by atoms with Crippen molar-refractivity contribution in [3.8, 4) is 17.2 Å². The Morgan fingerprint density at radius 3 is 2.47 bits per heavy atom. The molecule has 2 aromatic rings. The average Bonchev–Trinajstić information content (AvgIpc) is 3.05. The zero-order valence-corrected chi connectivity index (χ0v) is 20.6. The number of thiocarbonyl (C=S) groups is 1. The number of ether oxygens (including phenoxy) is 3. The van der Waals surface area contributed by atoms with E-state index in [1.165, 1.54) is 22.2 Å². The Labute approximate surface area is 199 Å². The second kappa shape index (κ2) is 11.4. The Morgan fingerprint density at radius 2 is 1.81 bits per heavy atom. The number of amides is 1. The molecule has 0 N–H and O–H groups in total. The van der Waals surface area contributed by atoms with Crippen molar-refractivity contribution < 1.29 is 19.0 Å². The molecule has 2 aromatic carbocycles. The highest BCUT2D eigenvalue weighted by Crippen LogP contribution is 2.34. The number of methoxy groups -OCH3 is 1. The van der Waals surface area contributed by atoms with E-state index in [4.69, 9.17) is 26.4 Å². The summed E-state index contributed by atoms with van der Waals surface area (Å²) in [5.41, 5.74) is 2.10. The van der Waals surface area contributed by atoms with E-state index in [2.05, 4.69) is 26.0 Å². The third kappa shape index (κ3) is 5.84. The van der Waals surface area contributed by atoms with E-state index in [-0.39, 0.29) is 5.91 Å². The van der Waals surface area contributed by atoms with Crippen LogP contribution in [0.15, 0.2) is 47.4 Å². The third-order valence-corrected chi connectivity index (χ3v) is 6.82. The van der Waals surface area contributed by atoms with Crippen LogP contribution < -0.4 is 14.2 Å². The van der Waals surface area contributed by atoms with Crippen LogP contribution in [-0.4, -0.2) is 42.5 Å². The molecule has 1 aliphatic rings. The van der Waals surface area contributed by atoms with Gasteiger partial charge in [0.2, 0.25) is 0 Å². The third-order valence-electron chi connectivity index (χ3n) is 5.34. The second-order valence-electron chi connectivity index (χ2n) is 7.55. The fraction of sp³-hybridized carbons (Fsp3) is 0.360. The molecule has 0 aliphatic carbocycles. The van der Waals surface area contributed by atoms with Crippen molar-refractivity contribution in [2.75, 3.05) is 27.4 Å². The molecule has 0 spiro atoms. The van der Waals surface area contributed by atoms with Crippen molar-refractivity contribution in [1.29, 1.82) is 0 Å². The van der Waals surface area contributed by atoms with E-state index in [1.54, 1.807) is 14.2 Å². The molecule has 1 aliphatic heterocycles. The lowest BCUT2D eigenvalue weighted by atomic mass is 9.98. The van der Waals surface area contributed by atoms with Crippen molar-refractivity contribution in [3.63, 3.8) is 0 Å². The zero-order valence-electron chi connectivity index (χ0n) is 18.9. The first-order valence-electron chi connectivity index (χ1n) is 10.7. The lowest BCUT2D eigenvalue weighted by Gasteiger charge is -2.16. The number of carbonyl (C=O) groups excluding carboxylic acids is 1. The summed E-state index contributed by atoms with van der Waals surface area (Å²) in [4.78, 5) is 14.3. The standard InChI is InChI=1S/C25H29NO4S2/c1-5-17(2)19-9-6-7-10-20(19)29-13-8-14-30-21-12-11-18(15-22(21)28-4)16-23-24(27)26(3)25(31)32-23/h6-7,9-12,15-17H,5,8,13-14H2,1-4H3/b23-16-/t17-/m1/s1. The van der Waals surface area contributed by atoms with Gasteiger partial charge in [-0.3, -0.25) is 9.69 Å². The molecule has 0 aromatic heterocycles. The highest BCUT2D eigenvalue weighted by molar-refractivity contribution is 8.26. The Hall–Kier alpha value is -2.51. The number of thioether (sulfide) groups is 1. The zero-order chi connectivity index (χ0) is 23.1. The predicted molar refractivity (Wildman–Crippen MR) is 135 cm³/mol. The van der Waals surface area contributed by atoms with E-state index >= 15 is 0 Å². The molecule has 32 heavy (non-hydrogen) atoms. The van der Waals surface area contributed by atoms with Crippen LogP contribution in [0.25, 0.3) is 6.08 Å². The maximum absolute atomic E-state index is 12.2. The Kier molecular flexibility index (Phi) is 8.59. The molecule has 5 nitrogen and oxygen atoms in total. The van der Waals surface area contributed by atoms with Gasteiger partial charge in [-0.2, -0.15) is 0 Å². The summed E-state index contributed by atoms with van der Waals surface area (Å²) in [5.74, 6) is 2.60. The number of para-hydroxylation sites is 1. The van der Waals surface area contributed by atoms with Crippen LogP contribution in [0.1, 0.15) is 43.7 Å². The first-order valence-corrected chi connectivity index (χ1v) is 11.9. The second-order valence-corrected chi connectivity index (χ2v) is 9.22. The van der Waals surface area contributed by atoms with Crippen LogP contribution in [0, 0.1) is 0 Å². The summed E-state index contributed by atoms with van der Waals surface area (Å²) in [6, 6.07) is 13.8. The molecule has 0 unspecified atom stereocenters. The van der Waals surface area contributed by atoms with Gasteiger partial charge in [0.1, 0.15) is 10.1 Å². The number of hydrogen-bond donors (Lipinski definition) is 0.